The van der Waals surface area contributed by atoms with Crippen LogP contribution in [0.25, 0.3) is 10.9 Å². The molecule has 1 fully saturated rings. The van der Waals surface area contributed by atoms with E-state index in [1.54, 1.807) is 36.3 Å². The predicted molar refractivity (Wildman–Crippen MR) is 109 cm³/mol. The van der Waals surface area contributed by atoms with Crippen LogP contribution in [0.2, 0.25) is 0 Å². The number of pyridine rings is 2. The lowest BCUT2D eigenvalue weighted by Crippen LogP contribution is -2.19. The summed E-state index contributed by atoms with van der Waals surface area (Å²) >= 11 is 0. The molecule has 0 unspecified atom stereocenters. The number of carbonyl (C=O) groups is 1. The second-order valence-electron chi connectivity index (χ2n) is 7.47. The van der Waals surface area contributed by atoms with Crippen molar-refractivity contribution in [1.29, 1.82) is 0 Å². The fourth-order valence-electron chi connectivity index (χ4n) is 3.56. The minimum atomic E-state index is -2.55. The molecular formula is C21H23F2N5O3. The molecule has 3 aromatic heterocycles. The topological polar surface area (TPSA) is 91.2 Å². The van der Waals surface area contributed by atoms with Gasteiger partial charge in [-0.25, -0.2) is 18.7 Å². The molecule has 8 nitrogen and oxygen atoms in total. The van der Waals surface area contributed by atoms with E-state index in [0.29, 0.717) is 36.5 Å². The van der Waals surface area contributed by atoms with Crippen LogP contribution in [0, 0.1) is 6.92 Å². The van der Waals surface area contributed by atoms with Gasteiger partial charge in [-0.05, 0) is 37.5 Å². The third-order valence-corrected chi connectivity index (χ3v) is 4.95. The molecule has 4 heterocycles. The van der Waals surface area contributed by atoms with Crippen LogP contribution in [0.4, 0.5) is 14.6 Å². The molecule has 0 aromatic carbocycles. The lowest BCUT2D eigenvalue weighted by atomic mass is 10.2. The molecule has 1 aliphatic rings. The highest BCUT2D eigenvalue weighted by Crippen LogP contribution is 2.23. The van der Waals surface area contributed by atoms with Crippen molar-refractivity contribution in [2.45, 2.75) is 45.3 Å². The van der Waals surface area contributed by atoms with Gasteiger partial charge in [-0.1, -0.05) is 0 Å². The number of rotatable bonds is 8. The molecule has 1 aliphatic heterocycles. The number of anilines is 1. The summed E-state index contributed by atoms with van der Waals surface area (Å²) in [6.07, 6.45) is 4.56. The van der Waals surface area contributed by atoms with E-state index in [4.69, 9.17) is 9.47 Å². The molecule has 0 bridgehead atoms. The number of aromatic nitrogens is 4. The summed E-state index contributed by atoms with van der Waals surface area (Å²) in [6, 6.07) is 3.59. The summed E-state index contributed by atoms with van der Waals surface area (Å²) in [6.45, 7) is 2.18. The Labute approximate surface area is 177 Å². The van der Waals surface area contributed by atoms with Crippen molar-refractivity contribution in [2.24, 2.45) is 0 Å². The zero-order valence-electron chi connectivity index (χ0n) is 17.1. The van der Waals surface area contributed by atoms with Gasteiger partial charge in [0, 0.05) is 30.8 Å². The number of nitrogens with one attached hydrogen (secondary N) is 1. The minimum absolute atomic E-state index is 0.0367. The number of halogens is 2. The SMILES string of the molecule is Cc1cc(Cn2cc3c(NC(=O)C[C@H]4CCCO4)nccc3n2)cnc1OCC(F)F. The standard InChI is InChI=1S/C21H23F2N5O3/c1-13-7-14(9-25-21(13)31-12-18(22)23)10-28-11-16-17(27-28)4-5-24-20(16)26-19(29)8-15-3-2-6-30-15/h4-5,7,9,11,15,18H,2-3,6,8,10,12H2,1H3,(H,24,26,29)/t15-/m1/s1. The quantitative estimate of drug-likeness (QED) is 0.588. The van der Waals surface area contributed by atoms with E-state index < -0.39 is 13.0 Å². The van der Waals surface area contributed by atoms with Gasteiger partial charge < -0.3 is 14.8 Å². The average molecular weight is 431 g/mol. The van der Waals surface area contributed by atoms with Crippen LogP contribution in [-0.4, -0.2) is 51.4 Å². The molecule has 1 N–H and O–H groups in total. The molecule has 10 heteroatoms. The number of amides is 1. The first-order valence-electron chi connectivity index (χ1n) is 10.1. The van der Waals surface area contributed by atoms with Crippen molar-refractivity contribution in [2.75, 3.05) is 18.5 Å². The maximum absolute atomic E-state index is 12.3. The van der Waals surface area contributed by atoms with Gasteiger partial charge in [0.15, 0.2) is 6.61 Å². The second-order valence-corrected chi connectivity index (χ2v) is 7.47. The summed E-state index contributed by atoms with van der Waals surface area (Å²) in [5.41, 5.74) is 2.20. The Balaban J connectivity index is 1.46. The molecule has 1 atom stereocenters. The third kappa shape index (κ3) is 5.32. The van der Waals surface area contributed by atoms with Crippen LogP contribution in [0.15, 0.2) is 30.7 Å². The van der Waals surface area contributed by atoms with E-state index in [-0.39, 0.29) is 17.9 Å². The number of hydrogen-bond acceptors (Lipinski definition) is 6. The zero-order chi connectivity index (χ0) is 21.8. The molecule has 0 spiro atoms. The van der Waals surface area contributed by atoms with Crippen LogP contribution in [0.5, 0.6) is 5.88 Å². The molecule has 3 aromatic rings. The van der Waals surface area contributed by atoms with Gasteiger partial charge in [-0.15, -0.1) is 0 Å². The smallest absolute Gasteiger partial charge is 0.272 e. The van der Waals surface area contributed by atoms with Crippen molar-refractivity contribution in [3.8, 4) is 5.88 Å². The number of hydrogen-bond donors (Lipinski definition) is 1. The summed E-state index contributed by atoms with van der Waals surface area (Å²) in [5, 5.41) is 8.12. The van der Waals surface area contributed by atoms with Crippen LogP contribution >= 0.6 is 0 Å². The molecule has 4 rings (SSSR count). The summed E-state index contributed by atoms with van der Waals surface area (Å²) in [5.74, 6) is 0.505. The number of aryl methyl sites for hydroxylation is 1. The van der Waals surface area contributed by atoms with Crippen LogP contribution < -0.4 is 10.1 Å². The first kappa shape index (κ1) is 21.1. The number of fused-ring (bicyclic) bond motifs is 1. The van der Waals surface area contributed by atoms with Gasteiger partial charge in [-0.3, -0.25) is 9.48 Å². The number of ether oxygens (including phenoxy) is 2. The Morgan fingerprint density at radius 3 is 3.03 bits per heavy atom. The Morgan fingerprint density at radius 2 is 2.29 bits per heavy atom. The van der Waals surface area contributed by atoms with E-state index in [1.165, 1.54) is 0 Å². The van der Waals surface area contributed by atoms with Crippen molar-refractivity contribution in [1.82, 2.24) is 19.7 Å². The van der Waals surface area contributed by atoms with Gasteiger partial charge in [0.25, 0.3) is 6.43 Å². The molecule has 1 saturated heterocycles. The molecule has 31 heavy (non-hydrogen) atoms. The Bertz CT molecular complexity index is 1070. The number of alkyl halides is 2. The van der Waals surface area contributed by atoms with E-state index >= 15 is 0 Å². The number of carbonyl (C=O) groups excluding carboxylic acids is 1. The molecule has 0 saturated carbocycles. The van der Waals surface area contributed by atoms with E-state index in [0.717, 1.165) is 23.8 Å². The van der Waals surface area contributed by atoms with E-state index in [2.05, 4.69) is 20.4 Å². The maximum atomic E-state index is 12.3. The van der Waals surface area contributed by atoms with Crippen LogP contribution in [-0.2, 0) is 16.1 Å². The minimum Gasteiger partial charge on any atom is -0.471 e. The number of nitrogens with zero attached hydrogens (tertiary/aromatic N) is 4. The Hall–Kier alpha value is -3.14. The van der Waals surface area contributed by atoms with Crippen molar-refractivity contribution >= 4 is 22.6 Å². The molecule has 0 radical (unpaired) electrons. The van der Waals surface area contributed by atoms with E-state index in [1.807, 2.05) is 6.07 Å². The first-order valence-corrected chi connectivity index (χ1v) is 10.1. The van der Waals surface area contributed by atoms with Crippen molar-refractivity contribution in [3.63, 3.8) is 0 Å². The van der Waals surface area contributed by atoms with Gasteiger partial charge in [0.2, 0.25) is 11.8 Å². The highest BCUT2D eigenvalue weighted by molar-refractivity contribution is 5.99. The lowest BCUT2D eigenvalue weighted by Gasteiger charge is -2.09. The first-order chi connectivity index (χ1) is 15.0. The maximum Gasteiger partial charge on any atom is 0.272 e. The van der Waals surface area contributed by atoms with E-state index in [9.17, 15) is 13.6 Å². The Kier molecular flexibility index (Phi) is 6.36. The van der Waals surface area contributed by atoms with Gasteiger partial charge in [0.1, 0.15) is 5.82 Å². The summed E-state index contributed by atoms with van der Waals surface area (Å²) in [4.78, 5) is 20.8. The van der Waals surface area contributed by atoms with Crippen LogP contribution in [0.3, 0.4) is 0 Å². The molecule has 164 valence electrons. The van der Waals surface area contributed by atoms with Crippen molar-refractivity contribution < 1.29 is 23.0 Å². The summed E-state index contributed by atoms with van der Waals surface area (Å²) in [7, 11) is 0. The monoisotopic (exact) mass is 431 g/mol. The molecular weight excluding hydrogens is 408 g/mol. The zero-order valence-corrected chi connectivity index (χ0v) is 17.1. The highest BCUT2D eigenvalue weighted by Gasteiger charge is 2.20. The fourth-order valence-corrected chi connectivity index (χ4v) is 3.56. The highest BCUT2D eigenvalue weighted by atomic mass is 19.3. The van der Waals surface area contributed by atoms with Gasteiger partial charge in [-0.2, -0.15) is 5.10 Å². The second kappa shape index (κ2) is 9.34. The Morgan fingerprint density at radius 1 is 1.42 bits per heavy atom. The molecule has 1 amide bonds. The van der Waals surface area contributed by atoms with Crippen molar-refractivity contribution in [3.05, 3.63) is 41.9 Å². The van der Waals surface area contributed by atoms with Crippen LogP contribution in [0.1, 0.15) is 30.4 Å². The lowest BCUT2D eigenvalue weighted by molar-refractivity contribution is -0.118. The van der Waals surface area contributed by atoms with Gasteiger partial charge in [0.05, 0.1) is 30.0 Å². The third-order valence-electron chi connectivity index (χ3n) is 4.95. The fraction of sp³-hybridized carbons (Fsp3) is 0.429. The normalized spacial score (nSPS) is 16.2. The van der Waals surface area contributed by atoms with Gasteiger partial charge >= 0.3 is 0 Å². The molecule has 0 aliphatic carbocycles. The predicted octanol–water partition coefficient (Wildman–Crippen LogP) is 3.33. The summed E-state index contributed by atoms with van der Waals surface area (Å²) < 4.78 is 36.9. The average Bonchev–Trinajstić information content (AvgIpc) is 3.37. The largest absolute Gasteiger partial charge is 0.471 e.